The minimum Gasteiger partial charge on any atom is -0.348 e. The lowest BCUT2D eigenvalue weighted by Gasteiger charge is -2.10. The van der Waals surface area contributed by atoms with Crippen molar-refractivity contribution >= 4 is 17.5 Å². The third-order valence-corrected chi connectivity index (χ3v) is 5.02. The minimum atomic E-state index is -0.104. The van der Waals surface area contributed by atoms with Gasteiger partial charge >= 0.3 is 0 Å². The second-order valence-electron chi connectivity index (χ2n) is 6.60. The molecule has 2 aromatic heterocycles. The van der Waals surface area contributed by atoms with Crippen LogP contribution in [0.15, 0.2) is 48.9 Å². The summed E-state index contributed by atoms with van der Waals surface area (Å²) >= 11 is 6.27. The quantitative estimate of drug-likeness (QED) is 0.741. The van der Waals surface area contributed by atoms with Crippen molar-refractivity contribution in [1.82, 2.24) is 20.1 Å². The Morgan fingerprint density at radius 1 is 1.27 bits per heavy atom. The maximum Gasteiger partial charge on any atom is 0.255 e. The molecule has 3 aromatic rings. The highest BCUT2D eigenvalue weighted by Gasteiger charge is 2.32. The van der Waals surface area contributed by atoms with E-state index in [4.69, 9.17) is 11.6 Å². The van der Waals surface area contributed by atoms with Gasteiger partial charge in [-0.3, -0.25) is 9.78 Å². The molecule has 0 saturated heterocycles. The van der Waals surface area contributed by atoms with E-state index in [-0.39, 0.29) is 5.91 Å². The molecule has 5 nitrogen and oxygen atoms in total. The van der Waals surface area contributed by atoms with E-state index in [2.05, 4.69) is 15.4 Å². The lowest BCUT2D eigenvalue weighted by atomic mass is 10.1. The molecule has 2 heterocycles. The number of nitrogens with zero attached hydrogens (tertiary/aromatic N) is 3. The van der Waals surface area contributed by atoms with Crippen LogP contribution in [0.1, 0.15) is 45.9 Å². The number of hydrogen-bond donors (Lipinski definition) is 1. The van der Waals surface area contributed by atoms with Crippen LogP contribution in [0.25, 0.3) is 5.69 Å². The van der Waals surface area contributed by atoms with Crippen molar-refractivity contribution in [2.45, 2.75) is 32.2 Å². The summed E-state index contributed by atoms with van der Waals surface area (Å²) in [6.45, 7) is 2.43. The number of carbonyl (C=O) groups is 1. The third-order valence-electron chi connectivity index (χ3n) is 4.62. The SMILES string of the molecule is Cc1ccc(-n2ncc(C(=O)NCc3ccncc3)c2C2CC2)cc1Cl. The molecule has 0 spiro atoms. The molecule has 0 atom stereocenters. The number of hydrogen-bond acceptors (Lipinski definition) is 3. The Hall–Kier alpha value is -2.66. The summed E-state index contributed by atoms with van der Waals surface area (Å²) < 4.78 is 1.85. The highest BCUT2D eigenvalue weighted by molar-refractivity contribution is 6.31. The molecule has 0 unspecified atom stereocenters. The van der Waals surface area contributed by atoms with Gasteiger partial charge in [0.05, 0.1) is 23.1 Å². The number of aryl methyl sites for hydroxylation is 1. The van der Waals surface area contributed by atoms with E-state index < -0.39 is 0 Å². The fraction of sp³-hybridized carbons (Fsp3) is 0.250. The fourth-order valence-electron chi connectivity index (χ4n) is 2.98. The van der Waals surface area contributed by atoms with Crippen LogP contribution in [0.4, 0.5) is 0 Å². The van der Waals surface area contributed by atoms with Gasteiger partial charge in [-0.25, -0.2) is 4.68 Å². The molecule has 4 rings (SSSR count). The first-order chi connectivity index (χ1) is 12.6. The van der Waals surface area contributed by atoms with Crippen LogP contribution >= 0.6 is 11.6 Å². The molecule has 26 heavy (non-hydrogen) atoms. The third kappa shape index (κ3) is 3.35. The number of halogens is 1. The molecule has 1 aliphatic rings. The van der Waals surface area contributed by atoms with Crippen LogP contribution in [0.5, 0.6) is 0 Å². The Balaban J connectivity index is 1.61. The summed E-state index contributed by atoms with van der Waals surface area (Å²) in [6, 6.07) is 9.63. The monoisotopic (exact) mass is 366 g/mol. The lowest BCUT2D eigenvalue weighted by molar-refractivity contribution is 0.0950. The summed E-state index contributed by atoms with van der Waals surface area (Å²) in [7, 11) is 0. The zero-order valence-electron chi connectivity index (χ0n) is 14.4. The maximum atomic E-state index is 12.7. The van der Waals surface area contributed by atoms with Crippen LogP contribution in [0.2, 0.25) is 5.02 Å². The van der Waals surface area contributed by atoms with Gasteiger partial charge in [-0.15, -0.1) is 0 Å². The van der Waals surface area contributed by atoms with E-state index in [1.807, 2.05) is 41.9 Å². The van der Waals surface area contributed by atoms with Gasteiger partial charge in [-0.1, -0.05) is 17.7 Å². The van der Waals surface area contributed by atoms with Crippen LogP contribution in [-0.2, 0) is 6.54 Å². The van der Waals surface area contributed by atoms with Crippen LogP contribution in [0.3, 0.4) is 0 Å². The summed E-state index contributed by atoms with van der Waals surface area (Å²) in [6.07, 6.45) is 7.25. The highest BCUT2D eigenvalue weighted by atomic mass is 35.5. The van der Waals surface area contributed by atoms with Crippen molar-refractivity contribution in [1.29, 1.82) is 0 Å². The average molecular weight is 367 g/mol. The molecule has 6 heteroatoms. The second-order valence-corrected chi connectivity index (χ2v) is 7.01. The predicted octanol–water partition coefficient (Wildman–Crippen LogP) is 4.04. The van der Waals surface area contributed by atoms with Gasteiger partial charge in [0.25, 0.3) is 5.91 Å². The fourth-order valence-corrected chi connectivity index (χ4v) is 3.15. The Morgan fingerprint density at radius 3 is 2.73 bits per heavy atom. The first kappa shape index (κ1) is 16.8. The molecule has 1 fully saturated rings. The molecule has 1 saturated carbocycles. The molecular formula is C20H19ClN4O. The molecular weight excluding hydrogens is 348 g/mol. The molecule has 1 aliphatic carbocycles. The number of carbonyl (C=O) groups excluding carboxylic acids is 1. The first-order valence-electron chi connectivity index (χ1n) is 8.65. The number of nitrogens with one attached hydrogen (secondary N) is 1. The molecule has 1 amide bonds. The topological polar surface area (TPSA) is 59.8 Å². The Kier molecular flexibility index (Phi) is 4.47. The first-order valence-corrected chi connectivity index (χ1v) is 9.03. The highest BCUT2D eigenvalue weighted by Crippen LogP contribution is 2.42. The lowest BCUT2D eigenvalue weighted by Crippen LogP contribution is -2.23. The summed E-state index contributed by atoms with van der Waals surface area (Å²) in [4.78, 5) is 16.7. The van der Waals surface area contributed by atoms with Gasteiger partial charge in [0.15, 0.2) is 0 Å². The largest absolute Gasteiger partial charge is 0.348 e. The van der Waals surface area contributed by atoms with Gasteiger partial charge in [-0.2, -0.15) is 5.10 Å². The smallest absolute Gasteiger partial charge is 0.255 e. The number of amides is 1. The van der Waals surface area contributed by atoms with E-state index >= 15 is 0 Å². The Labute approximate surface area is 157 Å². The van der Waals surface area contributed by atoms with E-state index in [1.54, 1.807) is 18.6 Å². The molecule has 1 aromatic carbocycles. The van der Waals surface area contributed by atoms with Crippen LogP contribution in [-0.4, -0.2) is 20.7 Å². The van der Waals surface area contributed by atoms with Crippen molar-refractivity contribution < 1.29 is 4.79 Å². The van der Waals surface area contributed by atoms with Crippen LogP contribution < -0.4 is 5.32 Å². The van der Waals surface area contributed by atoms with Gasteiger partial charge in [-0.05, 0) is 55.2 Å². The number of rotatable bonds is 5. The number of benzene rings is 1. The molecule has 132 valence electrons. The number of aromatic nitrogens is 3. The Bertz CT molecular complexity index is 948. The zero-order valence-corrected chi connectivity index (χ0v) is 15.2. The number of pyridine rings is 1. The summed E-state index contributed by atoms with van der Waals surface area (Å²) in [5.74, 6) is 0.271. The van der Waals surface area contributed by atoms with E-state index in [9.17, 15) is 4.79 Å². The molecule has 0 radical (unpaired) electrons. The van der Waals surface area contributed by atoms with E-state index in [1.165, 1.54) is 0 Å². The molecule has 0 bridgehead atoms. The zero-order chi connectivity index (χ0) is 18.1. The normalized spacial score (nSPS) is 13.6. The van der Waals surface area contributed by atoms with Crippen molar-refractivity contribution in [3.63, 3.8) is 0 Å². The predicted molar refractivity (Wildman–Crippen MR) is 101 cm³/mol. The average Bonchev–Trinajstić information content (AvgIpc) is 3.41. The Morgan fingerprint density at radius 2 is 2.04 bits per heavy atom. The van der Waals surface area contributed by atoms with Crippen molar-refractivity contribution in [3.05, 3.63) is 76.3 Å². The van der Waals surface area contributed by atoms with Gasteiger partial charge < -0.3 is 5.32 Å². The van der Waals surface area contributed by atoms with Crippen molar-refractivity contribution in [3.8, 4) is 5.69 Å². The molecule has 1 N–H and O–H groups in total. The maximum absolute atomic E-state index is 12.7. The van der Waals surface area contributed by atoms with Crippen LogP contribution in [0, 0.1) is 6.92 Å². The summed E-state index contributed by atoms with van der Waals surface area (Å²) in [5.41, 5.74) is 4.52. The van der Waals surface area contributed by atoms with E-state index in [0.717, 1.165) is 35.3 Å². The van der Waals surface area contributed by atoms with Gasteiger partial charge in [0.2, 0.25) is 0 Å². The van der Waals surface area contributed by atoms with Crippen molar-refractivity contribution in [2.24, 2.45) is 0 Å². The van der Waals surface area contributed by atoms with Crippen molar-refractivity contribution in [2.75, 3.05) is 0 Å². The minimum absolute atomic E-state index is 0.104. The van der Waals surface area contributed by atoms with Gasteiger partial charge in [0, 0.05) is 29.9 Å². The standard InChI is InChI=1S/C20H19ClN4O/c1-13-2-5-16(10-18(13)21)25-19(15-3-4-15)17(12-24-25)20(26)23-11-14-6-8-22-9-7-14/h2,5-10,12,15H,3-4,11H2,1H3,(H,23,26). The molecule has 0 aliphatic heterocycles. The van der Waals surface area contributed by atoms with E-state index in [0.29, 0.717) is 23.0 Å². The second kappa shape index (κ2) is 6.92. The summed E-state index contributed by atoms with van der Waals surface area (Å²) in [5, 5.41) is 8.16. The van der Waals surface area contributed by atoms with Gasteiger partial charge in [0.1, 0.15) is 0 Å².